The normalized spacial score (nSPS) is 10.8. The minimum Gasteiger partial charge on any atom is -0.494 e. The van der Waals surface area contributed by atoms with Gasteiger partial charge in [-0.05, 0) is 35.4 Å². The summed E-state index contributed by atoms with van der Waals surface area (Å²) in [6, 6.07) is 21.6. The molecule has 0 bridgehead atoms. The monoisotopic (exact) mass is 402 g/mol. The maximum atomic E-state index is 12.7. The first-order chi connectivity index (χ1) is 14.2. The molecule has 1 heterocycles. The number of carbonyl (C=O) groups is 1. The van der Waals surface area contributed by atoms with E-state index in [9.17, 15) is 4.79 Å². The number of nitrogens with zero attached hydrogens (tertiary/aromatic N) is 1. The van der Waals surface area contributed by atoms with Gasteiger partial charge >= 0.3 is 0 Å². The maximum Gasteiger partial charge on any atom is 0.257 e. The van der Waals surface area contributed by atoms with Crippen molar-refractivity contribution in [1.82, 2.24) is 4.98 Å². The predicted molar refractivity (Wildman–Crippen MR) is 120 cm³/mol. The topological polar surface area (TPSA) is 51.2 Å². The van der Waals surface area contributed by atoms with Gasteiger partial charge in [-0.1, -0.05) is 61.9 Å². The fourth-order valence-corrected chi connectivity index (χ4v) is 3.84. The van der Waals surface area contributed by atoms with Crippen LogP contribution >= 0.6 is 11.3 Å². The van der Waals surface area contributed by atoms with E-state index in [1.807, 2.05) is 35.7 Å². The molecule has 4 rings (SSSR count). The molecule has 4 nitrogen and oxygen atoms in total. The van der Waals surface area contributed by atoms with Gasteiger partial charge in [-0.15, -0.1) is 11.3 Å². The first-order valence-corrected chi connectivity index (χ1v) is 10.6. The third-order valence-corrected chi connectivity index (χ3v) is 5.41. The highest BCUT2D eigenvalue weighted by Crippen LogP contribution is 2.31. The van der Waals surface area contributed by atoms with Crippen LogP contribution in [0.4, 0.5) is 5.13 Å². The average Bonchev–Trinajstić information content (AvgIpc) is 3.22. The number of hydrogen-bond donors (Lipinski definition) is 1. The first-order valence-electron chi connectivity index (χ1n) is 9.72. The Labute approximate surface area is 174 Å². The summed E-state index contributed by atoms with van der Waals surface area (Å²) in [5, 5.41) is 7.77. The zero-order valence-corrected chi connectivity index (χ0v) is 17.0. The van der Waals surface area contributed by atoms with E-state index < -0.39 is 0 Å². The third kappa shape index (κ3) is 4.46. The van der Waals surface area contributed by atoms with Crippen LogP contribution in [0.25, 0.3) is 22.0 Å². The average molecular weight is 403 g/mol. The summed E-state index contributed by atoms with van der Waals surface area (Å²) in [5.74, 6) is 0.520. The number of anilines is 1. The highest BCUT2D eigenvalue weighted by Gasteiger charge is 2.12. The fraction of sp³-hybridized carbons (Fsp3) is 0.167. The van der Waals surface area contributed by atoms with Gasteiger partial charge in [-0.25, -0.2) is 4.98 Å². The Bertz CT molecular complexity index is 1130. The Morgan fingerprint density at radius 1 is 1.07 bits per heavy atom. The second-order valence-corrected chi connectivity index (χ2v) is 7.61. The van der Waals surface area contributed by atoms with Gasteiger partial charge in [-0.3, -0.25) is 10.1 Å². The first kappa shape index (κ1) is 19.2. The van der Waals surface area contributed by atoms with E-state index in [0.29, 0.717) is 23.1 Å². The molecule has 0 aliphatic heterocycles. The van der Waals surface area contributed by atoms with E-state index in [1.54, 1.807) is 12.1 Å². The molecule has 0 saturated heterocycles. The van der Waals surface area contributed by atoms with E-state index in [-0.39, 0.29) is 5.91 Å². The van der Waals surface area contributed by atoms with Crippen LogP contribution in [0.5, 0.6) is 5.75 Å². The molecule has 0 aliphatic carbocycles. The minimum absolute atomic E-state index is 0.190. The Balaban J connectivity index is 1.51. The van der Waals surface area contributed by atoms with Crippen LogP contribution in [-0.2, 0) is 0 Å². The van der Waals surface area contributed by atoms with E-state index in [1.165, 1.54) is 16.7 Å². The van der Waals surface area contributed by atoms with Gasteiger partial charge < -0.3 is 4.74 Å². The number of hydrogen-bond acceptors (Lipinski definition) is 4. The Morgan fingerprint density at radius 3 is 2.79 bits per heavy atom. The van der Waals surface area contributed by atoms with Gasteiger partial charge in [0.25, 0.3) is 5.91 Å². The third-order valence-electron chi connectivity index (χ3n) is 4.65. The molecule has 1 amide bonds. The largest absolute Gasteiger partial charge is 0.494 e. The standard InChI is InChI=1S/C24H22N2O2S/c1-2-3-14-28-19-11-6-10-18(15-19)23(27)26-24-25-22(16-29-24)21-13-7-9-17-8-4-5-12-20(17)21/h4-13,15-16H,2-3,14H2,1H3,(H,25,26,27). The van der Waals surface area contributed by atoms with Gasteiger partial charge in [-0.2, -0.15) is 0 Å². The molecule has 1 aromatic heterocycles. The molecule has 4 aromatic rings. The number of benzene rings is 3. The molecule has 0 unspecified atom stereocenters. The van der Waals surface area contributed by atoms with E-state index in [2.05, 4.69) is 41.5 Å². The summed E-state index contributed by atoms with van der Waals surface area (Å²) < 4.78 is 5.70. The molecule has 0 aliphatic rings. The van der Waals surface area contributed by atoms with Crippen molar-refractivity contribution >= 4 is 33.1 Å². The number of fused-ring (bicyclic) bond motifs is 1. The molecule has 0 spiro atoms. The summed E-state index contributed by atoms with van der Waals surface area (Å²) in [5.41, 5.74) is 2.48. The lowest BCUT2D eigenvalue weighted by Gasteiger charge is -2.07. The van der Waals surface area contributed by atoms with Gasteiger partial charge in [0, 0.05) is 16.5 Å². The molecular formula is C24H22N2O2S. The molecule has 3 aromatic carbocycles. The summed E-state index contributed by atoms with van der Waals surface area (Å²) in [7, 11) is 0. The highest BCUT2D eigenvalue weighted by molar-refractivity contribution is 7.14. The number of carbonyl (C=O) groups excluding carboxylic acids is 1. The lowest BCUT2D eigenvalue weighted by atomic mass is 10.0. The molecule has 29 heavy (non-hydrogen) atoms. The van der Waals surface area contributed by atoms with E-state index in [0.717, 1.165) is 29.5 Å². The number of ether oxygens (including phenoxy) is 1. The molecule has 5 heteroatoms. The Morgan fingerprint density at radius 2 is 1.90 bits per heavy atom. The summed E-state index contributed by atoms with van der Waals surface area (Å²) >= 11 is 1.42. The van der Waals surface area contributed by atoms with E-state index in [4.69, 9.17) is 4.74 Å². The highest BCUT2D eigenvalue weighted by atomic mass is 32.1. The minimum atomic E-state index is -0.190. The van der Waals surface area contributed by atoms with Crippen molar-refractivity contribution in [2.24, 2.45) is 0 Å². The van der Waals surface area contributed by atoms with Crippen molar-refractivity contribution in [2.45, 2.75) is 19.8 Å². The molecule has 0 fully saturated rings. The van der Waals surface area contributed by atoms with Crippen molar-refractivity contribution in [3.63, 3.8) is 0 Å². The summed E-state index contributed by atoms with van der Waals surface area (Å²) in [4.78, 5) is 17.3. The van der Waals surface area contributed by atoms with Crippen molar-refractivity contribution in [1.29, 1.82) is 0 Å². The number of thiazole rings is 1. The van der Waals surface area contributed by atoms with Gasteiger partial charge in [0.15, 0.2) is 5.13 Å². The maximum absolute atomic E-state index is 12.7. The van der Waals surface area contributed by atoms with Crippen LogP contribution in [0.15, 0.2) is 72.1 Å². The van der Waals surface area contributed by atoms with Crippen LogP contribution in [0.3, 0.4) is 0 Å². The number of nitrogens with one attached hydrogen (secondary N) is 1. The Hall–Kier alpha value is -3.18. The molecule has 0 atom stereocenters. The second kappa shape index (κ2) is 8.88. The SMILES string of the molecule is CCCCOc1cccc(C(=O)Nc2nc(-c3cccc4ccccc34)cs2)c1. The number of amides is 1. The predicted octanol–water partition coefficient (Wildman–Crippen LogP) is 6.39. The fourth-order valence-electron chi connectivity index (χ4n) is 3.13. The van der Waals surface area contributed by atoms with Crippen molar-refractivity contribution in [2.75, 3.05) is 11.9 Å². The molecule has 1 N–H and O–H groups in total. The van der Waals surface area contributed by atoms with Crippen LogP contribution in [-0.4, -0.2) is 17.5 Å². The van der Waals surface area contributed by atoms with Gasteiger partial charge in [0.1, 0.15) is 5.75 Å². The van der Waals surface area contributed by atoms with Crippen molar-refractivity contribution in [3.05, 3.63) is 77.7 Å². The zero-order chi connectivity index (χ0) is 20.1. The number of unbranched alkanes of at least 4 members (excludes halogenated alkanes) is 1. The van der Waals surface area contributed by atoms with Gasteiger partial charge in [0.05, 0.1) is 12.3 Å². The molecule has 0 saturated carbocycles. The lowest BCUT2D eigenvalue weighted by molar-refractivity contribution is 0.102. The molecule has 146 valence electrons. The van der Waals surface area contributed by atoms with Crippen molar-refractivity contribution in [3.8, 4) is 17.0 Å². The van der Waals surface area contributed by atoms with Gasteiger partial charge in [0.2, 0.25) is 0 Å². The zero-order valence-electron chi connectivity index (χ0n) is 16.2. The van der Waals surface area contributed by atoms with Crippen LogP contribution in [0.1, 0.15) is 30.1 Å². The second-order valence-electron chi connectivity index (χ2n) is 6.75. The quantitative estimate of drug-likeness (QED) is 0.364. The van der Waals surface area contributed by atoms with Crippen molar-refractivity contribution < 1.29 is 9.53 Å². The smallest absolute Gasteiger partial charge is 0.257 e. The van der Waals surface area contributed by atoms with E-state index >= 15 is 0 Å². The van der Waals surface area contributed by atoms with Crippen LogP contribution in [0, 0.1) is 0 Å². The number of aromatic nitrogens is 1. The number of rotatable bonds is 7. The summed E-state index contributed by atoms with van der Waals surface area (Å²) in [6.07, 6.45) is 2.07. The molecule has 0 radical (unpaired) electrons. The van der Waals surface area contributed by atoms with Crippen LogP contribution in [0.2, 0.25) is 0 Å². The Kier molecular flexibility index (Phi) is 5.86. The van der Waals surface area contributed by atoms with Crippen LogP contribution < -0.4 is 10.1 Å². The molecular weight excluding hydrogens is 380 g/mol. The summed E-state index contributed by atoms with van der Waals surface area (Å²) in [6.45, 7) is 2.77. The lowest BCUT2D eigenvalue weighted by Crippen LogP contribution is -2.11.